The average Bonchev–Trinajstić information content (AvgIpc) is 2.22. The lowest BCUT2D eigenvalue weighted by Gasteiger charge is -2.08. The molecule has 0 spiro atoms. The number of benzene rings is 1. The predicted octanol–water partition coefficient (Wildman–Crippen LogP) is 3.78. The highest BCUT2D eigenvalue weighted by atomic mass is 35.5. The summed E-state index contributed by atoms with van der Waals surface area (Å²) >= 11 is 5.95. The molecule has 0 aromatic heterocycles. The summed E-state index contributed by atoms with van der Waals surface area (Å²) in [6.45, 7) is 3.97. The normalized spacial score (nSPS) is 10.1. The first-order chi connectivity index (χ1) is 7.15. The maximum Gasteiger partial charge on any atom is 0.224 e. The van der Waals surface area contributed by atoms with E-state index >= 15 is 0 Å². The van der Waals surface area contributed by atoms with E-state index in [1.54, 1.807) is 0 Å². The Balaban J connectivity index is 2.64. The van der Waals surface area contributed by atoms with Crippen molar-refractivity contribution < 1.29 is 4.79 Å². The van der Waals surface area contributed by atoms with Crippen molar-refractivity contribution in [2.45, 2.75) is 33.1 Å². The van der Waals surface area contributed by atoms with Crippen molar-refractivity contribution in [2.75, 3.05) is 5.32 Å². The summed E-state index contributed by atoms with van der Waals surface area (Å²) in [4.78, 5) is 11.5. The minimum Gasteiger partial charge on any atom is -0.326 e. The molecule has 0 saturated carbocycles. The molecule has 15 heavy (non-hydrogen) atoms. The number of unbranched alkanes of at least 4 members (excludes halogenated alkanes) is 1. The number of hydrogen-bond acceptors (Lipinski definition) is 1. The van der Waals surface area contributed by atoms with Gasteiger partial charge in [0.05, 0.1) is 0 Å². The molecule has 0 unspecified atom stereocenters. The second-order valence-electron chi connectivity index (χ2n) is 3.56. The fraction of sp³-hybridized carbons (Fsp3) is 0.417. The van der Waals surface area contributed by atoms with Crippen LogP contribution in [0.3, 0.4) is 0 Å². The highest BCUT2D eigenvalue weighted by Crippen LogP contribution is 2.23. The SMILES string of the molecule is CCCCC(=O)Nc1cccc(Cl)c1C. The molecule has 0 heterocycles. The van der Waals surface area contributed by atoms with Crippen molar-refractivity contribution in [1.82, 2.24) is 0 Å². The molecule has 0 saturated heterocycles. The smallest absolute Gasteiger partial charge is 0.224 e. The number of halogens is 1. The van der Waals surface area contributed by atoms with Gasteiger partial charge in [-0.25, -0.2) is 0 Å². The molecule has 0 aliphatic heterocycles. The van der Waals surface area contributed by atoms with Crippen LogP contribution < -0.4 is 5.32 Å². The lowest BCUT2D eigenvalue weighted by molar-refractivity contribution is -0.116. The Morgan fingerprint density at radius 1 is 1.47 bits per heavy atom. The third kappa shape index (κ3) is 3.56. The van der Waals surface area contributed by atoms with Crippen molar-refractivity contribution in [3.05, 3.63) is 28.8 Å². The Morgan fingerprint density at radius 2 is 2.20 bits per heavy atom. The monoisotopic (exact) mass is 225 g/mol. The summed E-state index contributed by atoms with van der Waals surface area (Å²) < 4.78 is 0. The molecule has 1 aromatic rings. The highest BCUT2D eigenvalue weighted by Gasteiger charge is 2.05. The number of hydrogen-bond donors (Lipinski definition) is 1. The Morgan fingerprint density at radius 3 is 2.87 bits per heavy atom. The van der Waals surface area contributed by atoms with Crippen LogP contribution >= 0.6 is 11.6 Å². The van der Waals surface area contributed by atoms with Crippen LogP contribution in [0.15, 0.2) is 18.2 Å². The van der Waals surface area contributed by atoms with E-state index in [0.717, 1.165) is 24.1 Å². The summed E-state index contributed by atoms with van der Waals surface area (Å²) in [6, 6.07) is 5.52. The molecule has 0 fully saturated rings. The fourth-order valence-electron chi connectivity index (χ4n) is 1.29. The first-order valence-corrected chi connectivity index (χ1v) is 5.58. The van der Waals surface area contributed by atoms with Gasteiger partial charge in [0.1, 0.15) is 0 Å². The van der Waals surface area contributed by atoms with Crippen molar-refractivity contribution in [3.63, 3.8) is 0 Å². The molecule has 3 heteroatoms. The molecule has 0 aliphatic carbocycles. The zero-order valence-corrected chi connectivity index (χ0v) is 9.90. The van der Waals surface area contributed by atoms with Crippen LogP contribution in [-0.4, -0.2) is 5.91 Å². The Kier molecular flexibility index (Phi) is 4.63. The third-order valence-electron chi connectivity index (χ3n) is 2.30. The highest BCUT2D eigenvalue weighted by molar-refractivity contribution is 6.31. The van der Waals surface area contributed by atoms with Gasteiger partial charge in [0.15, 0.2) is 0 Å². The van der Waals surface area contributed by atoms with Crippen LogP contribution in [0.5, 0.6) is 0 Å². The topological polar surface area (TPSA) is 29.1 Å². The van der Waals surface area contributed by atoms with Crippen molar-refractivity contribution in [1.29, 1.82) is 0 Å². The number of rotatable bonds is 4. The third-order valence-corrected chi connectivity index (χ3v) is 2.71. The van der Waals surface area contributed by atoms with Crippen molar-refractivity contribution >= 4 is 23.2 Å². The van der Waals surface area contributed by atoms with Crippen LogP contribution in [0, 0.1) is 6.92 Å². The van der Waals surface area contributed by atoms with Crippen molar-refractivity contribution in [3.8, 4) is 0 Å². The lowest BCUT2D eigenvalue weighted by atomic mass is 10.2. The molecule has 0 atom stereocenters. The molecule has 0 radical (unpaired) electrons. The van der Waals surface area contributed by atoms with E-state index < -0.39 is 0 Å². The number of carbonyl (C=O) groups excluding carboxylic acids is 1. The molecular formula is C12H16ClNO. The molecule has 1 amide bonds. The van der Waals surface area contributed by atoms with E-state index in [0.29, 0.717) is 11.4 Å². The maximum absolute atomic E-state index is 11.5. The summed E-state index contributed by atoms with van der Waals surface area (Å²) in [5.74, 6) is 0.0576. The quantitative estimate of drug-likeness (QED) is 0.830. The van der Waals surface area contributed by atoms with Gasteiger partial charge in [0, 0.05) is 17.1 Å². The summed E-state index contributed by atoms with van der Waals surface area (Å²) in [5.41, 5.74) is 1.73. The van der Waals surface area contributed by atoms with Crippen LogP contribution in [0.1, 0.15) is 31.7 Å². The molecule has 1 N–H and O–H groups in total. The summed E-state index contributed by atoms with van der Waals surface area (Å²) in [5, 5.41) is 3.55. The predicted molar refractivity (Wildman–Crippen MR) is 64.3 cm³/mol. The van der Waals surface area contributed by atoms with Crippen LogP contribution in [0.25, 0.3) is 0 Å². The van der Waals surface area contributed by atoms with E-state index in [1.807, 2.05) is 25.1 Å². The van der Waals surface area contributed by atoms with Gasteiger partial charge < -0.3 is 5.32 Å². The Bertz CT molecular complexity index is 349. The standard InChI is InChI=1S/C12H16ClNO/c1-3-4-8-12(15)14-11-7-5-6-10(13)9(11)2/h5-7H,3-4,8H2,1-2H3,(H,14,15). The van der Waals surface area contributed by atoms with E-state index in [2.05, 4.69) is 12.2 Å². The number of amides is 1. The van der Waals surface area contributed by atoms with Gasteiger partial charge in [-0.2, -0.15) is 0 Å². The largest absolute Gasteiger partial charge is 0.326 e. The van der Waals surface area contributed by atoms with Gasteiger partial charge >= 0.3 is 0 Å². The second-order valence-corrected chi connectivity index (χ2v) is 3.97. The molecule has 1 aromatic carbocycles. The summed E-state index contributed by atoms with van der Waals surface area (Å²) in [6.07, 6.45) is 2.52. The molecular weight excluding hydrogens is 210 g/mol. The minimum absolute atomic E-state index is 0.0576. The number of nitrogens with one attached hydrogen (secondary N) is 1. The maximum atomic E-state index is 11.5. The van der Waals surface area contributed by atoms with E-state index in [4.69, 9.17) is 11.6 Å². The van der Waals surface area contributed by atoms with Crippen molar-refractivity contribution in [2.24, 2.45) is 0 Å². The van der Waals surface area contributed by atoms with Gasteiger partial charge in [-0.1, -0.05) is 31.0 Å². The van der Waals surface area contributed by atoms with Gasteiger partial charge in [-0.3, -0.25) is 4.79 Å². The second kappa shape index (κ2) is 5.76. The minimum atomic E-state index is 0.0576. The number of carbonyl (C=O) groups is 1. The van der Waals surface area contributed by atoms with Gasteiger partial charge in [-0.15, -0.1) is 0 Å². The zero-order valence-electron chi connectivity index (χ0n) is 9.14. The Hall–Kier alpha value is -1.02. The first kappa shape index (κ1) is 12.1. The van der Waals surface area contributed by atoms with Crippen LogP contribution in [-0.2, 0) is 4.79 Å². The van der Waals surface area contributed by atoms with Gasteiger partial charge in [0.25, 0.3) is 0 Å². The lowest BCUT2D eigenvalue weighted by Crippen LogP contribution is -2.11. The number of anilines is 1. The van der Waals surface area contributed by atoms with Crippen LogP contribution in [0.4, 0.5) is 5.69 Å². The molecule has 2 nitrogen and oxygen atoms in total. The van der Waals surface area contributed by atoms with E-state index in [1.165, 1.54) is 0 Å². The molecule has 0 bridgehead atoms. The van der Waals surface area contributed by atoms with Gasteiger partial charge in [0.2, 0.25) is 5.91 Å². The van der Waals surface area contributed by atoms with E-state index in [9.17, 15) is 4.79 Å². The first-order valence-electron chi connectivity index (χ1n) is 5.20. The molecule has 82 valence electrons. The zero-order chi connectivity index (χ0) is 11.3. The molecule has 1 rings (SSSR count). The van der Waals surface area contributed by atoms with E-state index in [-0.39, 0.29) is 5.91 Å². The fourth-order valence-corrected chi connectivity index (χ4v) is 1.47. The van der Waals surface area contributed by atoms with Gasteiger partial charge in [-0.05, 0) is 31.0 Å². The average molecular weight is 226 g/mol. The molecule has 0 aliphatic rings. The van der Waals surface area contributed by atoms with Crippen LogP contribution in [0.2, 0.25) is 5.02 Å². The Labute approximate surface area is 95.6 Å². The summed E-state index contributed by atoms with van der Waals surface area (Å²) in [7, 11) is 0.